The maximum Gasteiger partial charge on any atom is 0.338 e. The normalized spacial score (nSPS) is 15.2. The molecule has 0 heterocycles. The summed E-state index contributed by atoms with van der Waals surface area (Å²) in [6, 6.07) is 11.6. The van der Waals surface area contributed by atoms with E-state index < -0.39 is 35.2 Å². The number of allylic oxidation sites excluding steroid dienone is 1. The average molecular weight is 476 g/mol. The number of hydrogen-bond acceptors (Lipinski definition) is 8. The Kier molecular flexibility index (Phi) is 7.34. The van der Waals surface area contributed by atoms with Gasteiger partial charge < -0.3 is 18.9 Å². The number of hydrogen-bond donors (Lipinski definition) is 0. The first-order valence-electron chi connectivity index (χ1n) is 10.6. The average Bonchev–Trinajstić information content (AvgIpc) is 3.57. The standard InChI is InChI=1S/C27H24O8/c1-6-18-15-27(18,25(30)34-21-11-7-19(8-12-21)32-23(28)16(2)3)26(31)35-22-13-9-20(10-14-22)33-24(29)17(4)5/h6-14,18H,1-2,4,15H2,3,5H3. The fourth-order valence-corrected chi connectivity index (χ4v) is 3.06. The van der Waals surface area contributed by atoms with Crippen molar-refractivity contribution >= 4 is 23.9 Å². The Morgan fingerprint density at radius 1 is 0.714 bits per heavy atom. The van der Waals surface area contributed by atoms with Crippen molar-refractivity contribution in [1.82, 2.24) is 0 Å². The van der Waals surface area contributed by atoms with E-state index in [1.807, 2.05) is 0 Å². The predicted molar refractivity (Wildman–Crippen MR) is 126 cm³/mol. The van der Waals surface area contributed by atoms with Crippen LogP contribution < -0.4 is 18.9 Å². The summed E-state index contributed by atoms with van der Waals surface area (Å²) in [4.78, 5) is 49.1. The summed E-state index contributed by atoms with van der Waals surface area (Å²) in [5, 5.41) is 0. The van der Waals surface area contributed by atoms with E-state index >= 15 is 0 Å². The van der Waals surface area contributed by atoms with Crippen molar-refractivity contribution in [1.29, 1.82) is 0 Å². The molecule has 1 aliphatic carbocycles. The minimum atomic E-state index is -1.53. The summed E-state index contributed by atoms with van der Waals surface area (Å²) in [5.41, 5.74) is -1.04. The Morgan fingerprint density at radius 2 is 1.03 bits per heavy atom. The van der Waals surface area contributed by atoms with Gasteiger partial charge in [0.1, 0.15) is 23.0 Å². The van der Waals surface area contributed by atoms with Crippen LogP contribution in [0.3, 0.4) is 0 Å². The fraction of sp³-hybridized carbons (Fsp3) is 0.185. The van der Waals surface area contributed by atoms with Crippen LogP contribution in [0.1, 0.15) is 20.3 Å². The highest BCUT2D eigenvalue weighted by molar-refractivity contribution is 6.05. The highest BCUT2D eigenvalue weighted by Crippen LogP contribution is 2.55. The number of ether oxygens (including phenoxy) is 4. The SMILES string of the molecule is C=CC1CC1(C(=O)Oc1ccc(OC(=O)C(=C)C)cc1)C(=O)Oc1ccc(OC(=O)C(=C)C)cc1. The molecule has 1 saturated carbocycles. The van der Waals surface area contributed by atoms with Gasteiger partial charge in [0.2, 0.25) is 0 Å². The summed E-state index contributed by atoms with van der Waals surface area (Å²) < 4.78 is 21.0. The zero-order chi connectivity index (χ0) is 25.8. The highest BCUT2D eigenvalue weighted by Gasteiger charge is 2.67. The zero-order valence-corrected chi connectivity index (χ0v) is 19.4. The molecule has 35 heavy (non-hydrogen) atoms. The summed E-state index contributed by atoms with van der Waals surface area (Å²) in [6.45, 7) is 13.7. The van der Waals surface area contributed by atoms with Crippen LogP contribution in [0.25, 0.3) is 0 Å². The van der Waals surface area contributed by atoms with Gasteiger partial charge in [0.05, 0.1) is 0 Å². The minimum absolute atomic E-state index is 0.163. The molecule has 0 spiro atoms. The molecule has 0 radical (unpaired) electrons. The first kappa shape index (κ1) is 25.2. The van der Waals surface area contributed by atoms with Crippen molar-refractivity contribution < 1.29 is 38.1 Å². The van der Waals surface area contributed by atoms with Crippen molar-refractivity contribution in [2.24, 2.45) is 11.3 Å². The van der Waals surface area contributed by atoms with Crippen molar-refractivity contribution in [2.45, 2.75) is 20.3 Å². The monoisotopic (exact) mass is 476 g/mol. The molecular formula is C27H24O8. The smallest absolute Gasteiger partial charge is 0.338 e. The lowest BCUT2D eigenvalue weighted by Gasteiger charge is -2.15. The van der Waals surface area contributed by atoms with Gasteiger partial charge in [-0.2, -0.15) is 0 Å². The van der Waals surface area contributed by atoms with E-state index in [0.717, 1.165) is 0 Å². The van der Waals surface area contributed by atoms with Crippen LogP contribution in [0.15, 0.2) is 85.5 Å². The Bertz CT molecular complexity index is 1120. The minimum Gasteiger partial charge on any atom is -0.426 e. The summed E-state index contributed by atoms with van der Waals surface area (Å²) >= 11 is 0. The van der Waals surface area contributed by atoms with E-state index in [1.54, 1.807) is 0 Å². The quantitative estimate of drug-likeness (QED) is 0.173. The largest absolute Gasteiger partial charge is 0.426 e. The lowest BCUT2D eigenvalue weighted by molar-refractivity contribution is -0.154. The van der Waals surface area contributed by atoms with Crippen LogP contribution in [0.5, 0.6) is 23.0 Å². The van der Waals surface area contributed by atoms with E-state index in [1.165, 1.54) is 68.5 Å². The molecule has 2 aromatic rings. The topological polar surface area (TPSA) is 105 Å². The molecule has 0 N–H and O–H groups in total. The maximum atomic E-state index is 13.0. The number of carbonyl (C=O) groups is 4. The number of carbonyl (C=O) groups excluding carboxylic acids is 4. The first-order valence-corrected chi connectivity index (χ1v) is 10.6. The lowest BCUT2D eigenvalue weighted by Crippen LogP contribution is -2.35. The van der Waals surface area contributed by atoms with Gasteiger partial charge in [-0.3, -0.25) is 9.59 Å². The van der Waals surface area contributed by atoms with E-state index in [2.05, 4.69) is 19.7 Å². The van der Waals surface area contributed by atoms with Crippen molar-refractivity contribution in [3.63, 3.8) is 0 Å². The number of benzene rings is 2. The molecule has 0 aromatic heterocycles. The van der Waals surface area contributed by atoms with Crippen LogP contribution in [0.2, 0.25) is 0 Å². The molecular weight excluding hydrogens is 452 g/mol. The fourth-order valence-electron chi connectivity index (χ4n) is 3.06. The van der Waals surface area contributed by atoms with Crippen LogP contribution in [-0.4, -0.2) is 23.9 Å². The second-order valence-corrected chi connectivity index (χ2v) is 8.08. The third-order valence-corrected chi connectivity index (χ3v) is 5.21. The molecule has 0 aliphatic heterocycles. The lowest BCUT2D eigenvalue weighted by atomic mass is 10.0. The van der Waals surface area contributed by atoms with Crippen LogP contribution >= 0.6 is 0 Å². The van der Waals surface area contributed by atoms with Crippen LogP contribution in [-0.2, 0) is 19.2 Å². The molecule has 0 bridgehead atoms. The van der Waals surface area contributed by atoms with Crippen LogP contribution in [0.4, 0.5) is 0 Å². The van der Waals surface area contributed by atoms with Gasteiger partial charge in [-0.1, -0.05) is 19.2 Å². The molecule has 0 amide bonds. The third kappa shape index (κ3) is 5.73. The molecule has 8 nitrogen and oxygen atoms in total. The highest BCUT2D eigenvalue weighted by atomic mass is 16.6. The van der Waals surface area contributed by atoms with Crippen LogP contribution in [0, 0.1) is 11.3 Å². The predicted octanol–water partition coefficient (Wildman–Crippen LogP) is 4.35. The van der Waals surface area contributed by atoms with E-state index in [4.69, 9.17) is 18.9 Å². The molecule has 3 rings (SSSR count). The van der Waals surface area contributed by atoms with Gasteiger partial charge >= 0.3 is 23.9 Å². The van der Waals surface area contributed by atoms with Gasteiger partial charge in [0.15, 0.2) is 5.41 Å². The zero-order valence-electron chi connectivity index (χ0n) is 19.4. The van der Waals surface area contributed by atoms with Gasteiger partial charge in [0.25, 0.3) is 0 Å². The number of rotatable bonds is 9. The molecule has 1 atom stereocenters. The Morgan fingerprint density at radius 3 is 1.29 bits per heavy atom. The second-order valence-electron chi connectivity index (χ2n) is 8.08. The Labute approximate surface area is 202 Å². The summed E-state index contributed by atoms with van der Waals surface area (Å²) in [7, 11) is 0. The van der Waals surface area contributed by atoms with Gasteiger partial charge in [0, 0.05) is 17.1 Å². The molecule has 1 unspecified atom stereocenters. The molecule has 1 aliphatic rings. The number of esters is 4. The summed E-state index contributed by atoms with van der Waals surface area (Å²) in [5.74, 6) is -2.35. The van der Waals surface area contributed by atoms with Gasteiger partial charge in [-0.25, -0.2) is 9.59 Å². The Hall–Kier alpha value is -4.46. The second kappa shape index (κ2) is 10.2. The van der Waals surface area contributed by atoms with Gasteiger partial charge in [-0.15, -0.1) is 6.58 Å². The molecule has 180 valence electrons. The van der Waals surface area contributed by atoms with E-state index in [0.29, 0.717) is 0 Å². The first-order chi connectivity index (χ1) is 16.6. The van der Waals surface area contributed by atoms with Gasteiger partial charge in [-0.05, 0) is 68.8 Å². The molecule has 1 fully saturated rings. The molecule has 0 saturated heterocycles. The van der Waals surface area contributed by atoms with E-state index in [-0.39, 0.29) is 40.6 Å². The Balaban J connectivity index is 1.67. The summed E-state index contributed by atoms with van der Waals surface area (Å²) in [6.07, 6.45) is 1.69. The van der Waals surface area contributed by atoms with E-state index in [9.17, 15) is 19.2 Å². The third-order valence-electron chi connectivity index (χ3n) is 5.21. The van der Waals surface area contributed by atoms with Crippen molar-refractivity contribution in [2.75, 3.05) is 0 Å². The molecule has 8 heteroatoms. The van der Waals surface area contributed by atoms with Crippen molar-refractivity contribution in [3.05, 3.63) is 85.5 Å². The van der Waals surface area contributed by atoms with Crippen molar-refractivity contribution in [3.8, 4) is 23.0 Å². The maximum absolute atomic E-state index is 13.0. The molecule has 2 aromatic carbocycles.